The Morgan fingerprint density at radius 1 is 1.17 bits per heavy atom. The maximum absolute atomic E-state index is 9.46. The third kappa shape index (κ3) is 3.02. The highest BCUT2D eigenvalue weighted by atomic mass is 16.5. The molecule has 0 fully saturated rings. The summed E-state index contributed by atoms with van der Waals surface area (Å²) in [5, 5.41) is 13.7. The van der Waals surface area contributed by atoms with Gasteiger partial charge in [0.1, 0.15) is 11.8 Å². The summed E-state index contributed by atoms with van der Waals surface area (Å²) in [7, 11) is 1.63. The van der Waals surface area contributed by atoms with Crippen LogP contribution < -0.4 is 10.1 Å². The highest BCUT2D eigenvalue weighted by Crippen LogP contribution is 2.32. The predicted octanol–water partition coefficient (Wildman–Crippen LogP) is 4.98. The first kappa shape index (κ1) is 15.8. The Bertz CT molecular complexity index is 926. The Morgan fingerprint density at radius 2 is 2.00 bits per heavy atom. The van der Waals surface area contributed by atoms with Gasteiger partial charge in [0, 0.05) is 17.3 Å². The largest absolute Gasteiger partial charge is 0.497 e. The van der Waals surface area contributed by atoms with E-state index in [0.717, 1.165) is 28.0 Å². The van der Waals surface area contributed by atoms with E-state index >= 15 is 0 Å². The number of ether oxygens (including phenoxy) is 1. The normalized spacial score (nSPS) is 10.6. The molecule has 4 heteroatoms. The number of aromatic nitrogens is 1. The number of benzene rings is 2. The molecule has 0 amide bonds. The highest BCUT2D eigenvalue weighted by molar-refractivity contribution is 5.96. The second-order valence-electron chi connectivity index (χ2n) is 5.95. The molecule has 0 atom stereocenters. The van der Waals surface area contributed by atoms with Crippen molar-refractivity contribution in [3.05, 3.63) is 59.8 Å². The number of pyridine rings is 1. The number of nitriles is 1. The van der Waals surface area contributed by atoms with Crippen molar-refractivity contribution in [1.29, 1.82) is 5.26 Å². The van der Waals surface area contributed by atoms with Crippen LogP contribution in [0.25, 0.3) is 10.9 Å². The zero-order chi connectivity index (χ0) is 17.1. The third-order valence-corrected chi connectivity index (χ3v) is 4.02. The van der Waals surface area contributed by atoms with Gasteiger partial charge in [0.2, 0.25) is 0 Å². The Hall–Kier alpha value is -3.06. The Morgan fingerprint density at radius 3 is 2.71 bits per heavy atom. The van der Waals surface area contributed by atoms with Gasteiger partial charge >= 0.3 is 0 Å². The molecule has 0 aliphatic heterocycles. The van der Waals surface area contributed by atoms with Crippen LogP contribution in [-0.4, -0.2) is 12.1 Å². The van der Waals surface area contributed by atoms with E-state index in [9.17, 15) is 5.26 Å². The van der Waals surface area contributed by atoms with Gasteiger partial charge in [-0.2, -0.15) is 5.26 Å². The Balaban J connectivity index is 2.13. The molecule has 24 heavy (non-hydrogen) atoms. The molecular weight excluding hydrogens is 298 g/mol. The van der Waals surface area contributed by atoms with Gasteiger partial charge in [-0.1, -0.05) is 26.0 Å². The van der Waals surface area contributed by atoms with E-state index in [0.29, 0.717) is 11.5 Å². The van der Waals surface area contributed by atoms with Crippen LogP contribution in [0.5, 0.6) is 5.75 Å². The number of nitrogens with one attached hydrogen (secondary N) is 1. The van der Waals surface area contributed by atoms with Gasteiger partial charge in [0.05, 0.1) is 23.9 Å². The molecule has 120 valence electrons. The molecule has 0 unspecified atom stereocenters. The van der Waals surface area contributed by atoms with E-state index < -0.39 is 0 Å². The van der Waals surface area contributed by atoms with Gasteiger partial charge in [-0.05, 0) is 41.8 Å². The molecule has 0 bridgehead atoms. The quantitative estimate of drug-likeness (QED) is 0.737. The minimum atomic E-state index is 0.441. The first-order valence-electron chi connectivity index (χ1n) is 7.86. The topological polar surface area (TPSA) is 57.9 Å². The molecule has 0 saturated heterocycles. The van der Waals surface area contributed by atoms with Crippen LogP contribution in [-0.2, 0) is 0 Å². The molecule has 1 N–H and O–H groups in total. The molecule has 1 aromatic heterocycles. The summed E-state index contributed by atoms with van der Waals surface area (Å²) >= 11 is 0. The van der Waals surface area contributed by atoms with Crippen molar-refractivity contribution in [2.75, 3.05) is 12.4 Å². The lowest BCUT2D eigenvalue weighted by Gasteiger charge is -2.14. The minimum Gasteiger partial charge on any atom is -0.497 e. The summed E-state index contributed by atoms with van der Waals surface area (Å²) in [6.07, 6.45) is 1.60. The minimum absolute atomic E-state index is 0.441. The van der Waals surface area contributed by atoms with Crippen molar-refractivity contribution in [3.8, 4) is 11.8 Å². The van der Waals surface area contributed by atoms with Crippen LogP contribution in [0.2, 0.25) is 0 Å². The van der Waals surface area contributed by atoms with Crippen molar-refractivity contribution in [1.82, 2.24) is 4.98 Å². The maximum Gasteiger partial charge on any atom is 0.119 e. The zero-order valence-electron chi connectivity index (χ0n) is 14.0. The third-order valence-electron chi connectivity index (χ3n) is 4.02. The summed E-state index contributed by atoms with van der Waals surface area (Å²) in [6.45, 7) is 4.32. The van der Waals surface area contributed by atoms with Crippen molar-refractivity contribution < 1.29 is 4.74 Å². The van der Waals surface area contributed by atoms with Crippen LogP contribution in [0.15, 0.2) is 48.7 Å². The molecule has 4 nitrogen and oxygen atoms in total. The lowest BCUT2D eigenvalue weighted by Crippen LogP contribution is -1.98. The number of anilines is 2. The standard InChI is InChI=1S/C20H19N3O/c1-13(2)14-5-4-6-16(9-14)23-20-15(11-21)12-22-19-8-7-17(24-3)10-18(19)20/h4-10,12-13H,1-3H3,(H,22,23). The van der Waals surface area contributed by atoms with E-state index in [1.807, 2.05) is 30.3 Å². The molecule has 3 rings (SSSR count). The first-order valence-corrected chi connectivity index (χ1v) is 7.86. The molecule has 3 aromatic rings. The summed E-state index contributed by atoms with van der Waals surface area (Å²) < 4.78 is 5.31. The number of hydrogen-bond donors (Lipinski definition) is 1. The van der Waals surface area contributed by atoms with Crippen LogP contribution in [0, 0.1) is 11.3 Å². The van der Waals surface area contributed by atoms with Gasteiger partial charge in [-0.25, -0.2) is 0 Å². The molecule has 2 aromatic carbocycles. The summed E-state index contributed by atoms with van der Waals surface area (Å²) in [5.41, 5.74) is 4.27. The van der Waals surface area contributed by atoms with Crippen molar-refractivity contribution in [2.24, 2.45) is 0 Å². The van der Waals surface area contributed by atoms with E-state index in [-0.39, 0.29) is 0 Å². The molecule has 0 radical (unpaired) electrons. The van der Waals surface area contributed by atoms with Gasteiger partial charge < -0.3 is 10.1 Å². The second kappa shape index (κ2) is 6.59. The SMILES string of the molecule is COc1ccc2ncc(C#N)c(Nc3cccc(C(C)C)c3)c2c1. The van der Waals surface area contributed by atoms with Crippen LogP contribution in [0.3, 0.4) is 0 Å². The molecule has 0 aliphatic rings. The van der Waals surface area contributed by atoms with Gasteiger partial charge in [0.15, 0.2) is 0 Å². The van der Waals surface area contributed by atoms with Crippen LogP contribution >= 0.6 is 0 Å². The Kier molecular flexibility index (Phi) is 4.35. The van der Waals surface area contributed by atoms with Gasteiger partial charge in [-0.3, -0.25) is 4.98 Å². The number of methoxy groups -OCH3 is 1. The fourth-order valence-electron chi connectivity index (χ4n) is 2.64. The maximum atomic E-state index is 9.46. The summed E-state index contributed by atoms with van der Waals surface area (Å²) in [4.78, 5) is 4.36. The molecule has 1 heterocycles. The fraction of sp³-hybridized carbons (Fsp3) is 0.200. The Labute approximate surface area is 141 Å². The van der Waals surface area contributed by atoms with Gasteiger partial charge in [0.25, 0.3) is 0 Å². The molecule has 0 saturated carbocycles. The van der Waals surface area contributed by atoms with E-state index in [1.165, 1.54) is 5.56 Å². The molecular formula is C20H19N3O. The smallest absolute Gasteiger partial charge is 0.119 e. The molecule has 0 spiro atoms. The number of rotatable bonds is 4. The van der Waals surface area contributed by atoms with Crippen LogP contribution in [0.4, 0.5) is 11.4 Å². The average molecular weight is 317 g/mol. The van der Waals surface area contributed by atoms with Crippen LogP contribution in [0.1, 0.15) is 30.9 Å². The van der Waals surface area contributed by atoms with Crippen molar-refractivity contribution in [3.63, 3.8) is 0 Å². The lowest BCUT2D eigenvalue weighted by atomic mass is 10.0. The number of hydrogen-bond acceptors (Lipinski definition) is 4. The zero-order valence-corrected chi connectivity index (χ0v) is 14.0. The number of fused-ring (bicyclic) bond motifs is 1. The van der Waals surface area contributed by atoms with Gasteiger partial charge in [-0.15, -0.1) is 0 Å². The van der Waals surface area contributed by atoms with Crippen molar-refractivity contribution >= 4 is 22.3 Å². The molecule has 0 aliphatic carbocycles. The summed E-state index contributed by atoms with van der Waals surface area (Å²) in [5.74, 6) is 1.18. The fourth-order valence-corrected chi connectivity index (χ4v) is 2.64. The van der Waals surface area contributed by atoms with Crippen molar-refractivity contribution in [2.45, 2.75) is 19.8 Å². The second-order valence-corrected chi connectivity index (χ2v) is 5.95. The monoisotopic (exact) mass is 317 g/mol. The van der Waals surface area contributed by atoms with E-state index in [2.05, 4.69) is 42.4 Å². The first-order chi connectivity index (χ1) is 11.6. The summed E-state index contributed by atoms with van der Waals surface area (Å²) in [6, 6.07) is 16.1. The lowest BCUT2D eigenvalue weighted by molar-refractivity contribution is 0.415. The number of nitrogens with zero attached hydrogens (tertiary/aromatic N) is 2. The van der Waals surface area contributed by atoms with E-state index in [4.69, 9.17) is 4.74 Å². The average Bonchev–Trinajstić information content (AvgIpc) is 2.61. The highest BCUT2D eigenvalue weighted by Gasteiger charge is 2.11. The predicted molar refractivity (Wildman–Crippen MR) is 96.8 cm³/mol. The van der Waals surface area contributed by atoms with E-state index in [1.54, 1.807) is 13.3 Å².